The molecule has 1 aromatic rings. The fourth-order valence-corrected chi connectivity index (χ4v) is 1.74. The van der Waals surface area contributed by atoms with Crippen LogP contribution in [0.3, 0.4) is 0 Å². The number of rotatable bonds is 6. The van der Waals surface area contributed by atoms with Crippen LogP contribution < -0.4 is 10.6 Å². The van der Waals surface area contributed by atoms with Crippen molar-refractivity contribution in [3.05, 3.63) is 33.3 Å². The number of hydrogen-bond acceptors (Lipinski definition) is 4. The topological polar surface area (TPSA) is 76.4 Å². The van der Waals surface area contributed by atoms with E-state index in [4.69, 9.17) is 28.6 Å². The Balaban J connectivity index is 2.52. The highest BCUT2D eigenvalue weighted by molar-refractivity contribution is 7.80. The molecular formula is C11H14ClN3O3S. The number of methoxy groups -OCH3 is 1. The van der Waals surface area contributed by atoms with E-state index >= 15 is 0 Å². The maximum absolute atomic E-state index is 10.6. The van der Waals surface area contributed by atoms with Crippen molar-refractivity contribution in [3.63, 3.8) is 0 Å². The summed E-state index contributed by atoms with van der Waals surface area (Å²) < 4.78 is 4.91. The molecule has 0 atom stereocenters. The molecule has 6 nitrogen and oxygen atoms in total. The van der Waals surface area contributed by atoms with Gasteiger partial charge in [0, 0.05) is 32.4 Å². The zero-order valence-electron chi connectivity index (χ0n) is 10.3. The number of nitrogens with one attached hydrogen (secondary N) is 2. The van der Waals surface area contributed by atoms with Crippen LogP contribution in [0.25, 0.3) is 0 Å². The molecule has 19 heavy (non-hydrogen) atoms. The molecule has 0 saturated carbocycles. The molecule has 104 valence electrons. The first kappa shape index (κ1) is 15.6. The molecule has 0 heterocycles. The quantitative estimate of drug-likeness (QED) is 0.364. The predicted molar refractivity (Wildman–Crippen MR) is 78.8 cm³/mol. The van der Waals surface area contributed by atoms with E-state index in [1.54, 1.807) is 7.11 Å². The van der Waals surface area contributed by atoms with Gasteiger partial charge in [0.2, 0.25) is 0 Å². The van der Waals surface area contributed by atoms with Gasteiger partial charge in [-0.05, 0) is 24.7 Å². The van der Waals surface area contributed by atoms with Crippen LogP contribution in [0.2, 0.25) is 5.02 Å². The van der Waals surface area contributed by atoms with Gasteiger partial charge in [-0.25, -0.2) is 0 Å². The zero-order chi connectivity index (χ0) is 14.3. The first-order valence-electron chi connectivity index (χ1n) is 5.52. The third-order valence-corrected chi connectivity index (χ3v) is 2.78. The van der Waals surface area contributed by atoms with Crippen molar-refractivity contribution < 1.29 is 9.66 Å². The normalized spacial score (nSPS) is 10.0. The Kier molecular flexibility index (Phi) is 6.48. The number of nitrogens with zero attached hydrogens (tertiary/aromatic N) is 1. The first-order valence-corrected chi connectivity index (χ1v) is 6.31. The van der Waals surface area contributed by atoms with Gasteiger partial charge >= 0.3 is 0 Å². The number of anilines is 1. The average Bonchev–Trinajstić information content (AvgIpc) is 2.37. The smallest absolute Gasteiger partial charge is 0.271 e. The highest BCUT2D eigenvalue weighted by atomic mass is 35.5. The molecular weight excluding hydrogens is 290 g/mol. The summed E-state index contributed by atoms with van der Waals surface area (Å²) in [7, 11) is 1.63. The second-order valence-corrected chi connectivity index (χ2v) is 4.46. The van der Waals surface area contributed by atoms with E-state index in [1.165, 1.54) is 18.2 Å². The lowest BCUT2D eigenvalue weighted by molar-refractivity contribution is -0.384. The van der Waals surface area contributed by atoms with E-state index in [1.807, 2.05) is 0 Å². The molecule has 0 aliphatic rings. The summed E-state index contributed by atoms with van der Waals surface area (Å²) in [5.41, 5.74) is 0.464. The van der Waals surface area contributed by atoms with Crippen molar-refractivity contribution in [2.75, 3.05) is 25.6 Å². The lowest BCUT2D eigenvalue weighted by Crippen LogP contribution is -2.29. The van der Waals surface area contributed by atoms with Crippen LogP contribution in [-0.4, -0.2) is 30.3 Å². The van der Waals surface area contributed by atoms with E-state index in [9.17, 15) is 10.1 Å². The Bertz CT molecular complexity index is 470. The minimum Gasteiger partial charge on any atom is -0.385 e. The van der Waals surface area contributed by atoms with Crippen LogP contribution >= 0.6 is 23.8 Å². The van der Waals surface area contributed by atoms with Crippen molar-refractivity contribution in [3.8, 4) is 0 Å². The fourth-order valence-electron chi connectivity index (χ4n) is 1.30. The van der Waals surface area contributed by atoms with Gasteiger partial charge in [-0.3, -0.25) is 10.1 Å². The van der Waals surface area contributed by atoms with Gasteiger partial charge in [-0.1, -0.05) is 11.6 Å². The lowest BCUT2D eigenvalue weighted by atomic mass is 10.3. The number of hydrogen-bond donors (Lipinski definition) is 2. The van der Waals surface area contributed by atoms with Crippen LogP contribution in [0.15, 0.2) is 18.2 Å². The van der Waals surface area contributed by atoms with Gasteiger partial charge < -0.3 is 15.4 Å². The van der Waals surface area contributed by atoms with Crippen molar-refractivity contribution in [2.45, 2.75) is 6.42 Å². The maximum Gasteiger partial charge on any atom is 0.271 e. The SMILES string of the molecule is COCCCNC(=S)Nc1ccc([N+](=O)[O-])cc1Cl. The Morgan fingerprint density at radius 3 is 2.89 bits per heavy atom. The highest BCUT2D eigenvalue weighted by Crippen LogP contribution is 2.26. The van der Waals surface area contributed by atoms with E-state index in [2.05, 4.69) is 10.6 Å². The summed E-state index contributed by atoms with van der Waals surface area (Å²) in [4.78, 5) is 10.1. The number of nitro groups is 1. The molecule has 0 bridgehead atoms. The van der Waals surface area contributed by atoms with Crippen LogP contribution in [0, 0.1) is 10.1 Å². The Morgan fingerprint density at radius 2 is 2.32 bits per heavy atom. The van der Waals surface area contributed by atoms with E-state index < -0.39 is 4.92 Å². The molecule has 8 heteroatoms. The van der Waals surface area contributed by atoms with E-state index in [-0.39, 0.29) is 10.7 Å². The Morgan fingerprint density at radius 1 is 1.58 bits per heavy atom. The minimum atomic E-state index is -0.503. The molecule has 0 aliphatic heterocycles. The molecule has 0 amide bonds. The number of benzene rings is 1. The summed E-state index contributed by atoms with van der Waals surface area (Å²) in [6, 6.07) is 4.16. The first-order chi connectivity index (χ1) is 9.04. The van der Waals surface area contributed by atoms with E-state index in [0.29, 0.717) is 24.0 Å². The molecule has 0 radical (unpaired) electrons. The lowest BCUT2D eigenvalue weighted by Gasteiger charge is -2.11. The molecule has 0 spiro atoms. The van der Waals surface area contributed by atoms with Crippen LogP contribution in [-0.2, 0) is 4.74 Å². The highest BCUT2D eigenvalue weighted by Gasteiger charge is 2.09. The summed E-state index contributed by atoms with van der Waals surface area (Å²) in [6.07, 6.45) is 0.826. The standard InChI is InChI=1S/C11H14ClN3O3S/c1-18-6-2-5-13-11(19)14-10-4-3-8(15(16)17)7-9(10)12/h3-4,7H,2,5-6H2,1H3,(H2,13,14,19). The summed E-state index contributed by atoms with van der Waals surface area (Å²) in [5.74, 6) is 0. The molecule has 0 fully saturated rings. The van der Waals surface area contributed by atoms with Crippen LogP contribution in [0.5, 0.6) is 0 Å². The van der Waals surface area contributed by atoms with Crippen LogP contribution in [0.4, 0.5) is 11.4 Å². The molecule has 1 rings (SSSR count). The van der Waals surface area contributed by atoms with Crippen molar-refractivity contribution in [1.82, 2.24) is 5.32 Å². The van der Waals surface area contributed by atoms with Crippen molar-refractivity contribution in [1.29, 1.82) is 0 Å². The fraction of sp³-hybridized carbons (Fsp3) is 0.364. The third kappa shape index (κ3) is 5.37. The van der Waals surface area contributed by atoms with Crippen molar-refractivity contribution in [2.24, 2.45) is 0 Å². The van der Waals surface area contributed by atoms with Crippen LogP contribution in [0.1, 0.15) is 6.42 Å². The molecule has 0 unspecified atom stereocenters. The number of nitro benzene ring substituents is 1. The van der Waals surface area contributed by atoms with E-state index in [0.717, 1.165) is 6.42 Å². The number of thiocarbonyl (C=S) groups is 1. The second-order valence-electron chi connectivity index (χ2n) is 3.65. The van der Waals surface area contributed by atoms with Gasteiger partial charge in [0.25, 0.3) is 5.69 Å². The molecule has 1 aromatic carbocycles. The maximum atomic E-state index is 10.6. The summed E-state index contributed by atoms with van der Waals surface area (Å²) >= 11 is 11.0. The minimum absolute atomic E-state index is 0.0606. The summed E-state index contributed by atoms with van der Waals surface area (Å²) in [5, 5.41) is 17.1. The largest absolute Gasteiger partial charge is 0.385 e. The van der Waals surface area contributed by atoms with Gasteiger partial charge in [0.05, 0.1) is 15.6 Å². The number of halogens is 1. The molecule has 0 aromatic heterocycles. The van der Waals surface area contributed by atoms with Gasteiger partial charge in [0.15, 0.2) is 5.11 Å². The third-order valence-electron chi connectivity index (χ3n) is 2.22. The Labute approximate surface area is 121 Å². The molecule has 0 aliphatic carbocycles. The molecule has 2 N–H and O–H groups in total. The zero-order valence-corrected chi connectivity index (χ0v) is 11.9. The van der Waals surface area contributed by atoms with Gasteiger partial charge in [-0.15, -0.1) is 0 Å². The van der Waals surface area contributed by atoms with Crippen molar-refractivity contribution >= 4 is 40.3 Å². The second kappa shape index (κ2) is 7.88. The average molecular weight is 304 g/mol. The molecule has 0 saturated heterocycles. The summed E-state index contributed by atoms with van der Waals surface area (Å²) in [6.45, 7) is 1.32. The monoisotopic (exact) mass is 303 g/mol. The predicted octanol–water partition coefficient (Wildman–Crippen LogP) is 2.57. The number of ether oxygens (including phenoxy) is 1. The van der Waals surface area contributed by atoms with Gasteiger partial charge in [-0.2, -0.15) is 0 Å². The number of non-ortho nitro benzene ring substituents is 1. The van der Waals surface area contributed by atoms with Gasteiger partial charge in [0.1, 0.15) is 0 Å². The Hall–Kier alpha value is -1.44.